The lowest BCUT2D eigenvalue weighted by atomic mass is 9.91. The van der Waals surface area contributed by atoms with Gasteiger partial charge in [-0.2, -0.15) is 20.7 Å². The van der Waals surface area contributed by atoms with Crippen LogP contribution in [0.2, 0.25) is 0 Å². The number of hydrogen-bond donors (Lipinski definition) is 0. The Hall–Kier alpha value is -8.36. The monoisotopic (exact) mass is 872 g/mol. The Morgan fingerprint density at radius 2 is 1.00 bits per heavy atom. The summed E-state index contributed by atoms with van der Waals surface area (Å²) in [7, 11) is 3.34. The predicted octanol–water partition coefficient (Wildman–Crippen LogP) is 9.50. The lowest BCUT2D eigenvalue weighted by Gasteiger charge is -2.22. The first-order chi connectivity index (χ1) is 32.3. The van der Waals surface area contributed by atoms with Gasteiger partial charge in [-0.1, -0.05) is 48.6 Å². The number of rotatable bonds is 10. The Morgan fingerprint density at radius 1 is 0.576 bits per heavy atom. The van der Waals surface area contributed by atoms with E-state index in [1.807, 2.05) is 154 Å². The minimum absolute atomic E-state index is 0.194. The molecular formula is C52H48N12O2. The number of aryl methyl sites for hydroxylation is 4. The number of nitrogens with zero attached hydrogens (tertiary/aromatic N) is 12. The maximum atomic E-state index is 9.06. The van der Waals surface area contributed by atoms with Gasteiger partial charge in [0, 0.05) is 37.3 Å². The first kappa shape index (κ1) is 42.9. The van der Waals surface area contributed by atoms with E-state index in [1.54, 1.807) is 26.9 Å². The van der Waals surface area contributed by atoms with E-state index in [9.17, 15) is 0 Å². The molecule has 0 saturated carbocycles. The van der Waals surface area contributed by atoms with Crippen molar-refractivity contribution in [2.45, 2.75) is 64.5 Å². The van der Waals surface area contributed by atoms with Crippen LogP contribution in [0, 0.1) is 36.5 Å². The first-order valence-corrected chi connectivity index (χ1v) is 21.9. The molecule has 0 spiro atoms. The second-order valence-electron chi connectivity index (χ2n) is 16.3. The normalized spacial score (nSPS) is 15.4. The van der Waals surface area contributed by atoms with Gasteiger partial charge in [0.15, 0.2) is 11.6 Å². The average Bonchev–Trinajstić information content (AvgIpc) is 4.19. The number of ether oxygens (including phenoxy) is 2. The maximum absolute atomic E-state index is 9.06. The predicted molar refractivity (Wildman–Crippen MR) is 252 cm³/mol. The van der Waals surface area contributed by atoms with Gasteiger partial charge in [0.2, 0.25) is 0 Å². The van der Waals surface area contributed by atoms with Crippen LogP contribution in [0.4, 0.5) is 0 Å². The van der Waals surface area contributed by atoms with E-state index < -0.39 is 0 Å². The number of methoxy groups -OCH3 is 2. The van der Waals surface area contributed by atoms with Gasteiger partial charge in [0.1, 0.15) is 23.1 Å². The molecule has 0 fully saturated rings. The number of imidazole rings is 2. The van der Waals surface area contributed by atoms with Crippen LogP contribution in [0.5, 0.6) is 11.5 Å². The fraction of sp³-hybridized carbons (Fsp3) is 0.231. The van der Waals surface area contributed by atoms with Gasteiger partial charge in [0.25, 0.3) is 0 Å². The number of aromatic nitrogens is 10. The lowest BCUT2D eigenvalue weighted by molar-refractivity contribution is 0.412. The van der Waals surface area contributed by atoms with E-state index in [1.165, 1.54) is 11.1 Å². The molecule has 0 bridgehead atoms. The molecular weight excluding hydrogens is 825 g/mol. The number of fused-ring (bicyclic) bond motifs is 2. The highest BCUT2D eigenvalue weighted by molar-refractivity contribution is 5.70. The second-order valence-corrected chi connectivity index (χ2v) is 16.3. The molecule has 8 aromatic rings. The lowest BCUT2D eigenvalue weighted by Crippen LogP contribution is -2.17. The van der Waals surface area contributed by atoms with Gasteiger partial charge in [-0.25, -0.2) is 29.3 Å². The van der Waals surface area contributed by atoms with E-state index in [0.29, 0.717) is 22.8 Å². The van der Waals surface area contributed by atoms with E-state index in [0.717, 1.165) is 95.8 Å². The minimum atomic E-state index is 0.194. The molecule has 2 aliphatic heterocycles. The minimum Gasteiger partial charge on any atom is -0.495 e. The molecule has 4 aromatic carbocycles. The highest BCUT2D eigenvalue weighted by Gasteiger charge is 2.27. The van der Waals surface area contributed by atoms with Crippen molar-refractivity contribution in [2.75, 3.05) is 14.2 Å². The maximum Gasteiger partial charge on any atom is 0.174 e. The standard InChI is InChI=1S/2C26H24N6O/c2*1-18-16-31(17-28-18)23-11-7-19(14-24(23)33-2)8-12-25-29-26-22(4-3-13-32(26)30-25)21-9-5-20(15-27)6-10-21/h2*5-12,14,16-17,22H,3-4,13H2,1-2H3/b2*12-8+/t2*22-/m10/s1. The van der Waals surface area contributed by atoms with Crippen molar-refractivity contribution in [3.8, 4) is 35.0 Å². The smallest absolute Gasteiger partial charge is 0.174 e. The molecule has 6 heterocycles. The van der Waals surface area contributed by atoms with Gasteiger partial charge in [-0.3, -0.25) is 0 Å². The fourth-order valence-corrected chi connectivity index (χ4v) is 8.56. The molecule has 14 nitrogen and oxygen atoms in total. The van der Waals surface area contributed by atoms with Crippen LogP contribution < -0.4 is 9.47 Å². The van der Waals surface area contributed by atoms with Crippen LogP contribution in [0.3, 0.4) is 0 Å². The highest BCUT2D eigenvalue weighted by atomic mass is 16.5. The Morgan fingerprint density at radius 3 is 1.36 bits per heavy atom. The summed E-state index contributed by atoms with van der Waals surface area (Å²) in [5, 5.41) is 27.5. The average molecular weight is 873 g/mol. The Bertz CT molecular complexity index is 2920. The molecule has 0 saturated heterocycles. The van der Waals surface area contributed by atoms with Crippen LogP contribution >= 0.6 is 0 Å². The van der Waals surface area contributed by atoms with E-state index >= 15 is 0 Å². The third kappa shape index (κ3) is 9.30. The third-order valence-corrected chi connectivity index (χ3v) is 11.9. The molecule has 0 N–H and O–H groups in total. The molecule has 0 amide bonds. The molecule has 0 radical (unpaired) electrons. The second kappa shape index (κ2) is 19.2. The van der Waals surface area contributed by atoms with Gasteiger partial charge >= 0.3 is 0 Å². The van der Waals surface area contributed by atoms with Gasteiger partial charge in [-0.05, 0) is 122 Å². The largest absolute Gasteiger partial charge is 0.495 e. The van der Waals surface area contributed by atoms with Crippen molar-refractivity contribution in [1.82, 2.24) is 48.6 Å². The van der Waals surface area contributed by atoms with Crippen LogP contribution in [0.25, 0.3) is 35.7 Å². The Balaban J connectivity index is 0.000000166. The molecule has 2 aliphatic rings. The van der Waals surface area contributed by atoms with E-state index in [2.05, 4.69) is 22.1 Å². The van der Waals surface area contributed by atoms with Gasteiger partial charge in [-0.15, -0.1) is 0 Å². The topological polar surface area (TPSA) is 163 Å². The van der Waals surface area contributed by atoms with Gasteiger partial charge in [0.05, 0.1) is 72.9 Å². The van der Waals surface area contributed by atoms with Crippen molar-refractivity contribution in [3.05, 3.63) is 178 Å². The van der Waals surface area contributed by atoms with Crippen LogP contribution in [0.15, 0.2) is 110 Å². The Kier molecular flexibility index (Phi) is 12.5. The SMILES string of the molecule is COc1cc(/C=C/c2nc3n(n2)CCC[C@@H]3c2ccc(C#N)cc2)ccc1-n1cnc(C)c1.COc1cc(/C=C/c2nc3n(n2)CCC[C@H]3c2ccc(C#N)cc2)ccc1-n1cnc(C)c1. The van der Waals surface area contributed by atoms with Crippen molar-refractivity contribution in [2.24, 2.45) is 0 Å². The summed E-state index contributed by atoms with van der Waals surface area (Å²) in [6.45, 7) is 5.67. The highest BCUT2D eigenvalue weighted by Crippen LogP contribution is 2.34. The summed E-state index contributed by atoms with van der Waals surface area (Å²) in [6.07, 6.45) is 19.6. The molecule has 14 heteroatoms. The first-order valence-electron chi connectivity index (χ1n) is 21.9. The van der Waals surface area contributed by atoms with Crippen LogP contribution in [0.1, 0.15) is 106 Å². The summed E-state index contributed by atoms with van der Waals surface area (Å²) in [6, 6.07) is 32.1. The zero-order valence-corrected chi connectivity index (χ0v) is 37.3. The van der Waals surface area contributed by atoms with Crippen molar-refractivity contribution in [3.63, 3.8) is 0 Å². The summed E-state index contributed by atoms with van der Waals surface area (Å²) < 4.78 is 19.1. The molecule has 10 rings (SSSR count). The van der Waals surface area contributed by atoms with E-state index in [4.69, 9.17) is 40.2 Å². The summed E-state index contributed by atoms with van der Waals surface area (Å²) >= 11 is 0. The number of hydrogen-bond acceptors (Lipinski definition) is 10. The summed E-state index contributed by atoms with van der Waals surface area (Å²) in [4.78, 5) is 18.3. The Labute approximate surface area is 383 Å². The van der Waals surface area contributed by atoms with Crippen LogP contribution in [-0.4, -0.2) is 62.9 Å². The van der Waals surface area contributed by atoms with Crippen molar-refractivity contribution < 1.29 is 9.47 Å². The summed E-state index contributed by atoms with van der Waals surface area (Å²) in [5.74, 6) is 5.28. The van der Waals surface area contributed by atoms with Gasteiger partial charge < -0.3 is 18.6 Å². The quantitative estimate of drug-likeness (QED) is 0.129. The molecule has 0 unspecified atom stereocenters. The number of nitriles is 2. The molecule has 2 atom stereocenters. The van der Waals surface area contributed by atoms with Crippen molar-refractivity contribution in [1.29, 1.82) is 10.5 Å². The summed E-state index contributed by atoms with van der Waals surface area (Å²) in [5.41, 5.74) is 9.49. The zero-order chi connectivity index (χ0) is 45.6. The molecule has 66 heavy (non-hydrogen) atoms. The fourth-order valence-electron chi connectivity index (χ4n) is 8.56. The van der Waals surface area contributed by atoms with Crippen LogP contribution in [-0.2, 0) is 13.1 Å². The molecule has 328 valence electrons. The molecule has 4 aromatic heterocycles. The van der Waals surface area contributed by atoms with E-state index in [-0.39, 0.29) is 11.8 Å². The number of benzene rings is 4. The van der Waals surface area contributed by atoms with Crippen molar-refractivity contribution >= 4 is 24.3 Å². The third-order valence-electron chi connectivity index (χ3n) is 11.9. The zero-order valence-electron chi connectivity index (χ0n) is 37.3. The molecule has 0 aliphatic carbocycles.